The standard InChI is InChI=1S/C14H18BrClO3/c1-14(5-4-6-19-14)13(16)9-7-11(17-2)12(18-3)8-10(9)15/h7-8,13H,4-6H2,1-3H3. The van der Waals surface area contributed by atoms with Crippen LogP contribution in [0.5, 0.6) is 11.5 Å². The Kier molecular flexibility index (Phi) is 4.64. The molecule has 0 aromatic heterocycles. The van der Waals surface area contributed by atoms with Gasteiger partial charge in [0.15, 0.2) is 11.5 Å². The van der Waals surface area contributed by atoms with Gasteiger partial charge in [-0.1, -0.05) is 15.9 Å². The molecule has 0 amide bonds. The van der Waals surface area contributed by atoms with Crippen molar-refractivity contribution < 1.29 is 14.2 Å². The lowest BCUT2D eigenvalue weighted by Gasteiger charge is -2.30. The van der Waals surface area contributed by atoms with Crippen molar-refractivity contribution in [2.75, 3.05) is 20.8 Å². The molecule has 5 heteroatoms. The van der Waals surface area contributed by atoms with E-state index >= 15 is 0 Å². The Hall–Kier alpha value is -0.450. The maximum atomic E-state index is 6.63. The summed E-state index contributed by atoms with van der Waals surface area (Å²) in [5.74, 6) is 1.35. The molecule has 19 heavy (non-hydrogen) atoms. The highest BCUT2D eigenvalue weighted by Crippen LogP contribution is 2.46. The summed E-state index contributed by atoms with van der Waals surface area (Å²) in [6.07, 6.45) is 2.01. The van der Waals surface area contributed by atoms with Crippen molar-refractivity contribution in [3.8, 4) is 11.5 Å². The molecule has 0 aliphatic carbocycles. The minimum Gasteiger partial charge on any atom is -0.493 e. The fourth-order valence-electron chi connectivity index (χ4n) is 2.39. The number of ether oxygens (including phenoxy) is 3. The van der Waals surface area contributed by atoms with Gasteiger partial charge in [-0.3, -0.25) is 0 Å². The number of benzene rings is 1. The summed E-state index contributed by atoms with van der Waals surface area (Å²) in [7, 11) is 3.23. The SMILES string of the molecule is COc1cc(Br)c(C(Cl)C2(C)CCCO2)cc1OC. The Labute approximate surface area is 127 Å². The lowest BCUT2D eigenvalue weighted by atomic mass is 9.93. The highest BCUT2D eigenvalue weighted by atomic mass is 79.9. The zero-order valence-corrected chi connectivity index (χ0v) is 13.7. The Morgan fingerprint density at radius 1 is 1.32 bits per heavy atom. The van der Waals surface area contributed by atoms with E-state index in [1.165, 1.54) is 0 Å². The molecule has 1 aromatic rings. The molecule has 1 saturated heterocycles. The van der Waals surface area contributed by atoms with Gasteiger partial charge < -0.3 is 14.2 Å². The zero-order valence-electron chi connectivity index (χ0n) is 11.3. The molecule has 2 rings (SSSR count). The van der Waals surface area contributed by atoms with Gasteiger partial charge in [0.2, 0.25) is 0 Å². The molecular weight excluding hydrogens is 332 g/mol. The van der Waals surface area contributed by atoms with Crippen molar-refractivity contribution in [2.45, 2.75) is 30.7 Å². The largest absolute Gasteiger partial charge is 0.493 e. The van der Waals surface area contributed by atoms with E-state index in [0.717, 1.165) is 29.5 Å². The van der Waals surface area contributed by atoms with Crippen molar-refractivity contribution >= 4 is 27.5 Å². The van der Waals surface area contributed by atoms with Crippen LogP contribution in [0.4, 0.5) is 0 Å². The lowest BCUT2D eigenvalue weighted by Crippen LogP contribution is -2.29. The molecule has 0 saturated carbocycles. The summed E-state index contributed by atoms with van der Waals surface area (Å²) >= 11 is 10.2. The van der Waals surface area contributed by atoms with Crippen molar-refractivity contribution in [1.29, 1.82) is 0 Å². The summed E-state index contributed by atoms with van der Waals surface area (Å²) < 4.78 is 17.3. The molecule has 1 fully saturated rings. The van der Waals surface area contributed by atoms with Crippen LogP contribution in [0.15, 0.2) is 16.6 Å². The van der Waals surface area contributed by atoms with Gasteiger partial charge in [0.25, 0.3) is 0 Å². The lowest BCUT2D eigenvalue weighted by molar-refractivity contribution is 0.0162. The van der Waals surface area contributed by atoms with Crippen LogP contribution in [0.2, 0.25) is 0 Å². The normalized spacial score (nSPS) is 24.3. The van der Waals surface area contributed by atoms with Crippen LogP contribution < -0.4 is 9.47 Å². The minimum atomic E-state index is -0.330. The molecule has 0 spiro atoms. The van der Waals surface area contributed by atoms with Crippen molar-refractivity contribution in [2.24, 2.45) is 0 Å². The Morgan fingerprint density at radius 3 is 2.47 bits per heavy atom. The minimum absolute atomic E-state index is 0.232. The van der Waals surface area contributed by atoms with E-state index in [2.05, 4.69) is 22.9 Å². The smallest absolute Gasteiger partial charge is 0.161 e. The second-order valence-electron chi connectivity index (χ2n) is 4.86. The third-order valence-electron chi connectivity index (χ3n) is 3.56. The van der Waals surface area contributed by atoms with Crippen LogP contribution >= 0.6 is 27.5 Å². The quantitative estimate of drug-likeness (QED) is 0.758. The zero-order chi connectivity index (χ0) is 14.0. The number of hydrogen-bond acceptors (Lipinski definition) is 3. The highest BCUT2D eigenvalue weighted by Gasteiger charge is 2.39. The van der Waals surface area contributed by atoms with E-state index in [-0.39, 0.29) is 11.0 Å². The van der Waals surface area contributed by atoms with Crippen molar-refractivity contribution in [3.63, 3.8) is 0 Å². The van der Waals surface area contributed by atoms with Gasteiger partial charge in [0.05, 0.1) is 25.2 Å². The first kappa shape index (κ1) is 14.9. The Balaban J connectivity index is 2.38. The first-order valence-electron chi connectivity index (χ1n) is 6.21. The van der Waals surface area contributed by atoms with Crippen LogP contribution in [0.3, 0.4) is 0 Å². The Bertz CT molecular complexity index is 458. The molecule has 2 atom stereocenters. The van der Waals surface area contributed by atoms with E-state index in [0.29, 0.717) is 11.5 Å². The molecule has 1 aliphatic heterocycles. The average molecular weight is 350 g/mol. The first-order valence-corrected chi connectivity index (χ1v) is 7.44. The molecule has 0 N–H and O–H groups in total. The van der Waals surface area contributed by atoms with Crippen molar-refractivity contribution in [3.05, 3.63) is 22.2 Å². The maximum absolute atomic E-state index is 6.63. The van der Waals surface area contributed by atoms with Gasteiger partial charge >= 0.3 is 0 Å². The predicted molar refractivity (Wildman–Crippen MR) is 79.4 cm³/mol. The maximum Gasteiger partial charge on any atom is 0.161 e. The molecule has 2 unspecified atom stereocenters. The second-order valence-corrected chi connectivity index (χ2v) is 6.15. The monoisotopic (exact) mass is 348 g/mol. The molecule has 1 aliphatic rings. The number of halogens is 2. The molecule has 1 heterocycles. The van der Waals surface area contributed by atoms with Gasteiger partial charge in [-0.2, -0.15) is 0 Å². The van der Waals surface area contributed by atoms with Gasteiger partial charge in [-0.25, -0.2) is 0 Å². The summed E-state index contributed by atoms with van der Waals surface area (Å²) in [4.78, 5) is 0. The van der Waals surface area contributed by atoms with E-state index in [4.69, 9.17) is 25.8 Å². The summed E-state index contributed by atoms with van der Waals surface area (Å²) in [5, 5.41) is -0.232. The van der Waals surface area contributed by atoms with Crippen LogP contribution in [-0.2, 0) is 4.74 Å². The molecule has 0 bridgehead atoms. The summed E-state index contributed by atoms with van der Waals surface area (Å²) in [6, 6.07) is 3.79. The third kappa shape index (κ3) is 2.86. The first-order chi connectivity index (χ1) is 9.01. The van der Waals surface area contributed by atoms with Gasteiger partial charge in [0.1, 0.15) is 0 Å². The number of rotatable bonds is 4. The number of alkyl halides is 1. The second kappa shape index (κ2) is 5.90. The van der Waals surface area contributed by atoms with Gasteiger partial charge in [0, 0.05) is 11.1 Å². The summed E-state index contributed by atoms with van der Waals surface area (Å²) in [6.45, 7) is 2.82. The van der Waals surface area contributed by atoms with E-state index < -0.39 is 0 Å². The van der Waals surface area contributed by atoms with E-state index in [9.17, 15) is 0 Å². The van der Waals surface area contributed by atoms with Crippen LogP contribution in [0.1, 0.15) is 30.7 Å². The number of hydrogen-bond donors (Lipinski definition) is 0. The Morgan fingerprint density at radius 2 is 1.95 bits per heavy atom. The highest BCUT2D eigenvalue weighted by molar-refractivity contribution is 9.10. The molecule has 0 radical (unpaired) electrons. The molecule has 3 nitrogen and oxygen atoms in total. The van der Waals surface area contributed by atoms with Crippen molar-refractivity contribution in [1.82, 2.24) is 0 Å². The topological polar surface area (TPSA) is 27.7 Å². The third-order valence-corrected chi connectivity index (χ3v) is 4.94. The van der Waals surface area contributed by atoms with Crippen LogP contribution in [-0.4, -0.2) is 26.4 Å². The van der Waals surface area contributed by atoms with Gasteiger partial charge in [-0.15, -0.1) is 11.6 Å². The molecular formula is C14H18BrClO3. The number of methoxy groups -OCH3 is 2. The van der Waals surface area contributed by atoms with Crippen LogP contribution in [0, 0.1) is 0 Å². The summed E-state index contributed by atoms with van der Waals surface area (Å²) in [5.41, 5.74) is 0.632. The fraction of sp³-hybridized carbons (Fsp3) is 0.571. The van der Waals surface area contributed by atoms with E-state index in [1.54, 1.807) is 14.2 Å². The average Bonchev–Trinajstić information content (AvgIpc) is 2.85. The molecule has 106 valence electrons. The van der Waals surface area contributed by atoms with E-state index in [1.807, 2.05) is 12.1 Å². The fourth-order valence-corrected chi connectivity index (χ4v) is 3.43. The molecule has 1 aromatic carbocycles. The predicted octanol–water partition coefficient (Wildman–Crippen LogP) is 4.32. The van der Waals surface area contributed by atoms with Gasteiger partial charge in [-0.05, 0) is 37.5 Å². The van der Waals surface area contributed by atoms with Crippen LogP contribution in [0.25, 0.3) is 0 Å².